The zero-order valence-electron chi connectivity index (χ0n) is 6.48. The van der Waals surface area contributed by atoms with Crippen LogP contribution in [0.25, 0.3) is 0 Å². The van der Waals surface area contributed by atoms with Gasteiger partial charge in [-0.25, -0.2) is 0 Å². The second kappa shape index (κ2) is 3.92. The minimum absolute atomic E-state index is 0.377. The lowest BCUT2D eigenvalue weighted by molar-refractivity contribution is -0.184. The van der Waals surface area contributed by atoms with Crippen molar-refractivity contribution < 1.29 is 17.9 Å². The van der Waals surface area contributed by atoms with E-state index in [1.54, 1.807) is 6.92 Å². The second-order valence-electron chi connectivity index (χ2n) is 2.49. The molecule has 0 aromatic heterocycles. The van der Waals surface area contributed by atoms with Crippen molar-refractivity contribution >= 4 is 0 Å². The highest BCUT2D eigenvalue weighted by Gasteiger charge is 2.28. The quantitative estimate of drug-likeness (QED) is 0.694. The summed E-state index contributed by atoms with van der Waals surface area (Å²) in [6.07, 6.45) is -4.82. The van der Waals surface area contributed by atoms with Crippen LogP contribution in [0.1, 0.15) is 13.8 Å². The molecule has 5 heteroatoms. The fraction of sp³-hybridized carbons (Fsp3) is 1.00. The first-order chi connectivity index (χ1) is 4.83. The van der Waals surface area contributed by atoms with Gasteiger partial charge in [0.05, 0.1) is 6.10 Å². The summed E-state index contributed by atoms with van der Waals surface area (Å²) < 4.78 is 39.0. The van der Waals surface area contributed by atoms with E-state index in [1.165, 1.54) is 6.92 Å². The third kappa shape index (κ3) is 6.12. The molecule has 2 atom stereocenters. The van der Waals surface area contributed by atoms with Gasteiger partial charge in [-0.1, -0.05) is 0 Å². The molecule has 68 valence electrons. The van der Waals surface area contributed by atoms with Gasteiger partial charge >= 0.3 is 6.18 Å². The van der Waals surface area contributed by atoms with E-state index in [2.05, 4.69) is 4.74 Å². The molecule has 0 saturated carbocycles. The summed E-state index contributed by atoms with van der Waals surface area (Å²) in [4.78, 5) is 0. The maximum atomic E-state index is 11.5. The molecule has 0 aromatic rings. The number of ether oxygens (including phenoxy) is 1. The molecule has 0 bridgehead atoms. The molecular weight excluding hydrogens is 159 g/mol. The molecule has 0 rings (SSSR count). The van der Waals surface area contributed by atoms with Crippen LogP contribution in [0.15, 0.2) is 0 Å². The summed E-state index contributed by atoms with van der Waals surface area (Å²) in [5, 5.41) is 0. The summed E-state index contributed by atoms with van der Waals surface area (Å²) >= 11 is 0. The molecule has 2 nitrogen and oxygen atoms in total. The zero-order chi connectivity index (χ0) is 9.07. The topological polar surface area (TPSA) is 35.2 Å². The minimum atomic E-state index is -4.26. The molecule has 0 aliphatic carbocycles. The normalized spacial score (nSPS) is 18.0. The summed E-state index contributed by atoms with van der Waals surface area (Å²) in [6, 6.07) is -0.377. The predicted octanol–water partition coefficient (Wildman–Crippen LogP) is 1.30. The highest BCUT2D eigenvalue weighted by Crippen LogP contribution is 2.15. The lowest BCUT2D eigenvalue weighted by Crippen LogP contribution is -2.34. The van der Waals surface area contributed by atoms with Crippen molar-refractivity contribution in [2.45, 2.75) is 32.2 Å². The zero-order valence-corrected chi connectivity index (χ0v) is 6.48. The first kappa shape index (κ1) is 10.7. The summed E-state index contributed by atoms with van der Waals surface area (Å²) in [6.45, 7) is 1.88. The third-order valence-electron chi connectivity index (χ3n) is 1.25. The van der Waals surface area contributed by atoms with Gasteiger partial charge in [0.25, 0.3) is 0 Å². The Hall–Kier alpha value is -0.290. The molecule has 2 N–H and O–H groups in total. The molecule has 0 amide bonds. The van der Waals surface area contributed by atoms with Crippen LogP contribution in [0.5, 0.6) is 0 Å². The van der Waals surface area contributed by atoms with E-state index in [-0.39, 0.29) is 6.04 Å². The van der Waals surface area contributed by atoms with Gasteiger partial charge in [-0.2, -0.15) is 13.2 Å². The number of nitrogens with two attached hydrogens (primary N) is 1. The van der Waals surface area contributed by atoms with Gasteiger partial charge < -0.3 is 10.5 Å². The molecule has 0 heterocycles. The van der Waals surface area contributed by atoms with Gasteiger partial charge in [-0.15, -0.1) is 0 Å². The van der Waals surface area contributed by atoms with Crippen LogP contribution in [0, 0.1) is 0 Å². The Morgan fingerprint density at radius 2 is 1.82 bits per heavy atom. The van der Waals surface area contributed by atoms with Gasteiger partial charge in [0.1, 0.15) is 6.61 Å². The van der Waals surface area contributed by atoms with Crippen LogP contribution in [0.2, 0.25) is 0 Å². The van der Waals surface area contributed by atoms with Crippen molar-refractivity contribution in [1.29, 1.82) is 0 Å². The number of rotatable bonds is 3. The molecule has 0 aromatic carbocycles. The molecule has 11 heavy (non-hydrogen) atoms. The third-order valence-corrected chi connectivity index (χ3v) is 1.25. The van der Waals surface area contributed by atoms with E-state index >= 15 is 0 Å². The Labute approximate surface area is 63.5 Å². The average molecular weight is 171 g/mol. The van der Waals surface area contributed by atoms with Crippen molar-refractivity contribution in [2.75, 3.05) is 6.61 Å². The van der Waals surface area contributed by atoms with Crippen LogP contribution in [-0.2, 0) is 4.74 Å². The van der Waals surface area contributed by atoms with Crippen LogP contribution in [0.4, 0.5) is 13.2 Å². The summed E-state index contributed by atoms with van der Waals surface area (Å²) in [7, 11) is 0. The molecule has 0 aliphatic rings. The maximum Gasteiger partial charge on any atom is 0.411 e. The molecule has 0 fully saturated rings. The smallest absolute Gasteiger partial charge is 0.367 e. The minimum Gasteiger partial charge on any atom is -0.367 e. The largest absolute Gasteiger partial charge is 0.411 e. The lowest BCUT2D eigenvalue weighted by atomic mass is 10.2. The van der Waals surface area contributed by atoms with Crippen LogP contribution < -0.4 is 5.73 Å². The lowest BCUT2D eigenvalue weighted by Gasteiger charge is -2.17. The molecule has 0 spiro atoms. The molecule has 0 radical (unpaired) electrons. The fourth-order valence-electron chi connectivity index (χ4n) is 0.378. The van der Waals surface area contributed by atoms with E-state index in [1.807, 2.05) is 0 Å². The van der Waals surface area contributed by atoms with Crippen molar-refractivity contribution in [2.24, 2.45) is 5.73 Å². The fourth-order valence-corrected chi connectivity index (χ4v) is 0.378. The second-order valence-corrected chi connectivity index (χ2v) is 2.49. The number of alkyl halides is 3. The monoisotopic (exact) mass is 171 g/mol. The average Bonchev–Trinajstić information content (AvgIpc) is 1.80. The van der Waals surface area contributed by atoms with E-state index in [0.717, 1.165) is 0 Å². The van der Waals surface area contributed by atoms with Crippen LogP contribution >= 0.6 is 0 Å². The van der Waals surface area contributed by atoms with E-state index in [0.29, 0.717) is 0 Å². The first-order valence-electron chi connectivity index (χ1n) is 3.27. The van der Waals surface area contributed by atoms with Gasteiger partial charge in [0, 0.05) is 6.04 Å². The predicted molar refractivity (Wildman–Crippen MR) is 35.1 cm³/mol. The number of hydrogen-bond donors (Lipinski definition) is 1. The number of hydrogen-bond acceptors (Lipinski definition) is 2. The van der Waals surface area contributed by atoms with Crippen LogP contribution in [0.3, 0.4) is 0 Å². The SMILES string of the molecule is CC(OCC(F)(F)F)[C@@H](C)N. The van der Waals surface area contributed by atoms with Gasteiger partial charge in [0.2, 0.25) is 0 Å². The van der Waals surface area contributed by atoms with Crippen molar-refractivity contribution in [3.8, 4) is 0 Å². The maximum absolute atomic E-state index is 11.5. The van der Waals surface area contributed by atoms with Crippen molar-refractivity contribution in [3.05, 3.63) is 0 Å². The summed E-state index contributed by atoms with van der Waals surface area (Å²) in [5.74, 6) is 0. The first-order valence-corrected chi connectivity index (χ1v) is 3.27. The molecule has 1 unspecified atom stereocenters. The Balaban J connectivity index is 3.54. The van der Waals surface area contributed by atoms with Crippen molar-refractivity contribution in [1.82, 2.24) is 0 Å². The van der Waals surface area contributed by atoms with Crippen LogP contribution in [-0.4, -0.2) is 24.9 Å². The van der Waals surface area contributed by atoms with Gasteiger partial charge in [0.15, 0.2) is 0 Å². The molecular formula is C6H12F3NO. The highest BCUT2D eigenvalue weighted by molar-refractivity contribution is 4.63. The van der Waals surface area contributed by atoms with Gasteiger partial charge in [-0.05, 0) is 13.8 Å². The van der Waals surface area contributed by atoms with Gasteiger partial charge in [-0.3, -0.25) is 0 Å². The van der Waals surface area contributed by atoms with Crippen molar-refractivity contribution in [3.63, 3.8) is 0 Å². The summed E-state index contributed by atoms with van der Waals surface area (Å²) in [5.41, 5.74) is 5.27. The van der Waals surface area contributed by atoms with E-state index in [9.17, 15) is 13.2 Å². The number of halogens is 3. The Morgan fingerprint density at radius 1 is 1.36 bits per heavy atom. The standard InChI is InChI=1S/C6H12F3NO/c1-4(10)5(2)11-3-6(7,8)9/h4-5H,3,10H2,1-2H3/t4-,5?/m1/s1. The Morgan fingerprint density at radius 3 is 2.09 bits per heavy atom. The van der Waals surface area contributed by atoms with E-state index < -0.39 is 18.9 Å². The Bertz CT molecular complexity index is 113. The molecule has 0 aliphatic heterocycles. The highest BCUT2D eigenvalue weighted by atomic mass is 19.4. The molecule has 0 saturated heterocycles. The Kier molecular flexibility index (Phi) is 3.82. The van der Waals surface area contributed by atoms with E-state index in [4.69, 9.17) is 5.73 Å².